The third-order valence-electron chi connectivity index (χ3n) is 2.38. The molecule has 0 unspecified atom stereocenters. The molecule has 0 atom stereocenters. The summed E-state index contributed by atoms with van der Waals surface area (Å²) in [5.41, 5.74) is 0. The number of benzene rings is 1. The zero-order valence-electron chi connectivity index (χ0n) is 9.28. The van der Waals surface area contributed by atoms with Crippen LogP contribution in [0.15, 0.2) is 34.4 Å². The number of aromatic nitrogens is 6. The van der Waals surface area contributed by atoms with Crippen molar-refractivity contribution in [3.8, 4) is 0 Å². The molecule has 3 aromatic rings. The van der Waals surface area contributed by atoms with Crippen LogP contribution in [0.3, 0.4) is 0 Å². The Bertz CT molecular complexity index is 712. The van der Waals surface area contributed by atoms with Gasteiger partial charge in [0.2, 0.25) is 5.16 Å². The summed E-state index contributed by atoms with van der Waals surface area (Å²) in [7, 11) is 1.77. The molecular weight excluding hydrogens is 272 g/mol. The first-order valence-corrected chi connectivity index (χ1v) is 6.26. The van der Waals surface area contributed by atoms with Crippen molar-refractivity contribution in [3.63, 3.8) is 0 Å². The van der Waals surface area contributed by atoms with Gasteiger partial charge < -0.3 is 0 Å². The highest BCUT2D eigenvalue weighted by molar-refractivity contribution is 7.99. The van der Waals surface area contributed by atoms with Crippen LogP contribution in [0.2, 0.25) is 5.15 Å². The minimum Gasteiger partial charge on any atom is -0.223 e. The maximum absolute atomic E-state index is 6.01. The van der Waals surface area contributed by atoms with Gasteiger partial charge in [-0.2, -0.15) is 0 Å². The molecular formula is C10H7ClN6S. The maximum atomic E-state index is 6.01. The molecule has 0 saturated heterocycles. The number of halogens is 1. The van der Waals surface area contributed by atoms with E-state index in [0.29, 0.717) is 10.3 Å². The molecule has 6 nitrogen and oxygen atoms in total. The standard InChI is InChI=1S/C10H7ClN6S/c1-17-10(14-15-16-17)18-9-7-5-3-2-4-6(7)8(11)12-13-9/h2-5H,1H3. The number of nitrogens with zero attached hydrogens (tertiary/aromatic N) is 6. The lowest BCUT2D eigenvalue weighted by Gasteiger charge is -2.04. The van der Waals surface area contributed by atoms with Crippen molar-refractivity contribution >= 4 is 34.1 Å². The van der Waals surface area contributed by atoms with Gasteiger partial charge in [-0.05, 0) is 22.2 Å². The number of rotatable bonds is 2. The van der Waals surface area contributed by atoms with E-state index in [1.54, 1.807) is 11.7 Å². The molecule has 0 N–H and O–H groups in total. The van der Waals surface area contributed by atoms with Crippen molar-refractivity contribution < 1.29 is 0 Å². The van der Waals surface area contributed by atoms with E-state index in [2.05, 4.69) is 25.7 Å². The average molecular weight is 279 g/mol. The molecule has 0 bridgehead atoms. The van der Waals surface area contributed by atoms with Crippen molar-refractivity contribution in [2.45, 2.75) is 10.2 Å². The van der Waals surface area contributed by atoms with Gasteiger partial charge in [-0.25, -0.2) is 4.68 Å². The van der Waals surface area contributed by atoms with Crippen LogP contribution in [0.25, 0.3) is 10.8 Å². The Morgan fingerprint density at radius 1 is 1.11 bits per heavy atom. The van der Waals surface area contributed by atoms with Crippen LogP contribution in [-0.2, 0) is 7.05 Å². The maximum Gasteiger partial charge on any atom is 0.215 e. The van der Waals surface area contributed by atoms with Crippen LogP contribution in [-0.4, -0.2) is 30.4 Å². The smallest absolute Gasteiger partial charge is 0.215 e. The van der Waals surface area contributed by atoms with Gasteiger partial charge in [0.05, 0.1) is 0 Å². The van der Waals surface area contributed by atoms with Gasteiger partial charge in [0.25, 0.3) is 0 Å². The normalized spacial score (nSPS) is 11.0. The minimum atomic E-state index is 0.394. The first-order chi connectivity index (χ1) is 8.75. The van der Waals surface area contributed by atoms with Crippen LogP contribution in [0, 0.1) is 0 Å². The van der Waals surface area contributed by atoms with E-state index in [1.165, 1.54) is 11.8 Å². The second-order valence-corrected chi connectivity index (χ2v) is 4.84. The SMILES string of the molecule is Cn1nnnc1Sc1nnc(Cl)c2ccccc12. The van der Waals surface area contributed by atoms with Crippen molar-refractivity contribution in [1.29, 1.82) is 0 Å². The highest BCUT2D eigenvalue weighted by Gasteiger charge is 2.12. The first kappa shape index (κ1) is 11.4. The van der Waals surface area contributed by atoms with Gasteiger partial charge in [-0.3, -0.25) is 0 Å². The zero-order valence-corrected chi connectivity index (χ0v) is 10.9. The number of hydrogen-bond donors (Lipinski definition) is 0. The van der Waals surface area contributed by atoms with Gasteiger partial charge in [-0.15, -0.1) is 15.3 Å². The molecule has 1 aromatic carbocycles. The number of hydrogen-bond acceptors (Lipinski definition) is 6. The van der Waals surface area contributed by atoms with E-state index >= 15 is 0 Å². The number of aryl methyl sites for hydroxylation is 1. The summed E-state index contributed by atoms with van der Waals surface area (Å²) in [4.78, 5) is 0. The van der Waals surface area contributed by atoms with Crippen LogP contribution >= 0.6 is 23.4 Å². The van der Waals surface area contributed by atoms with Crippen molar-refractivity contribution in [1.82, 2.24) is 30.4 Å². The molecule has 0 aliphatic rings. The summed E-state index contributed by atoms with van der Waals surface area (Å²) >= 11 is 7.37. The molecule has 3 rings (SSSR count). The van der Waals surface area contributed by atoms with Gasteiger partial charge in [0, 0.05) is 17.8 Å². The summed E-state index contributed by atoms with van der Waals surface area (Å²) in [5, 5.41) is 22.9. The van der Waals surface area contributed by atoms with Gasteiger partial charge in [0.15, 0.2) is 5.15 Å². The average Bonchev–Trinajstić information content (AvgIpc) is 2.79. The Hall–Kier alpha value is -1.73. The molecule has 0 saturated carbocycles. The molecule has 0 radical (unpaired) electrons. The summed E-state index contributed by atoms with van der Waals surface area (Å²) in [5.74, 6) is 0. The molecule has 90 valence electrons. The largest absolute Gasteiger partial charge is 0.223 e. The predicted octanol–water partition coefficient (Wildman–Crippen LogP) is 1.96. The Labute approximate surface area is 111 Å². The summed E-state index contributed by atoms with van der Waals surface area (Å²) in [6.07, 6.45) is 0. The quantitative estimate of drug-likeness (QED) is 0.714. The van der Waals surface area contributed by atoms with E-state index in [4.69, 9.17) is 11.6 Å². The Morgan fingerprint density at radius 3 is 2.61 bits per heavy atom. The minimum absolute atomic E-state index is 0.394. The Kier molecular flexibility index (Phi) is 2.85. The van der Waals surface area contributed by atoms with Gasteiger partial charge in [-0.1, -0.05) is 35.9 Å². The topological polar surface area (TPSA) is 69.4 Å². The second-order valence-electron chi connectivity index (χ2n) is 3.53. The summed E-state index contributed by atoms with van der Waals surface area (Å²) in [6.45, 7) is 0. The van der Waals surface area contributed by atoms with Crippen molar-refractivity contribution in [3.05, 3.63) is 29.4 Å². The molecule has 2 heterocycles. The highest BCUT2D eigenvalue weighted by Crippen LogP contribution is 2.31. The third-order valence-corrected chi connectivity index (χ3v) is 3.68. The third kappa shape index (κ3) is 1.91. The van der Waals surface area contributed by atoms with Crippen molar-refractivity contribution in [2.75, 3.05) is 0 Å². The lowest BCUT2D eigenvalue weighted by molar-refractivity contribution is 0.664. The molecule has 18 heavy (non-hydrogen) atoms. The Morgan fingerprint density at radius 2 is 1.89 bits per heavy atom. The molecule has 0 spiro atoms. The van der Waals surface area contributed by atoms with Crippen LogP contribution in [0.1, 0.15) is 0 Å². The molecule has 2 aromatic heterocycles. The fraction of sp³-hybridized carbons (Fsp3) is 0.100. The van der Waals surface area contributed by atoms with E-state index in [1.807, 2.05) is 24.3 Å². The van der Waals surface area contributed by atoms with E-state index < -0.39 is 0 Å². The van der Waals surface area contributed by atoms with E-state index in [0.717, 1.165) is 15.8 Å². The van der Waals surface area contributed by atoms with Crippen LogP contribution < -0.4 is 0 Å². The number of fused-ring (bicyclic) bond motifs is 1. The lowest BCUT2D eigenvalue weighted by atomic mass is 10.2. The Balaban J connectivity index is 2.13. The first-order valence-electron chi connectivity index (χ1n) is 5.07. The molecule has 0 fully saturated rings. The lowest BCUT2D eigenvalue weighted by Crippen LogP contribution is -1.95. The summed E-state index contributed by atoms with van der Waals surface area (Å²) < 4.78 is 1.58. The fourth-order valence-corrected chi connectivity index (χ4v) is 2.51. The molecule has 0 aliphatic heterocycles. The molecule has 8 heteroatoms. The number of tetrazole rings is 1. The summed E-state index contributed by atoms with van der Waals surface area (Å²) in [6, 6.07) is 7.70. The van der Waals surface area contributed by atoms with E-state index in [-0.39, 0.29) is 0 Å². The van der Waals surface area contributed by atoms with Gasteiger partial charge in [0.1, 0.15) is 5.03 Å². The fourth-order valence-electron chi connectivity index (χ4n) is 1.52. The monoisotopic (exact) mass is 278 g/mol. The van der Waals surface area contributed by atoms with E-state index in [9.17, 15) is 0 Å². The molecule has 0 amide bonds. The van der Waals surface area contributed by atoms with Gasteiger partial charge >= 0.3 is 0 Å². The van der Waals surface area contributed by atoms with Crippen LogP contribution in [0.5, 0.6) is 0 Å². The highest BCUT2D eigenvalue weighted by atomic mass is 35.5. The molecule has 0 aliphatic carbocycles. The zero-order chi connectivity index (χ0) is 12.5. The van der Waals surface area contributed by atoms with Crippen molar-refractivity contribution in [2.24, 2.45) is 7.05 Å². The second kappa shape index (κ2) is 4.51. The predicted molar refractivity (Wildman–Crippen MR) is 67.5 cm³/mol. The van der Waals surface area contributed by atoms with Crippen LogP contribution in [0.4, 0.5) is 0 Å².